The molecule has 0 aliphatic carbocycles. The molecule has 0 radical (unpaired) electrons. The molecule has 1 aromatic rings. The van der Waals surface area contributed by atoms with E-state index in [0.717, 1.165) is 5.56 Å². The third kappa shape index (κ3) is 4.79. The molecule has 1 aromatic carbocycles. The molecule has 0 saturated carbocycles. The van der Waals surface area contributed by atoms with E-state index < -0.39 is 0 Å². The summed E-state index contributed by atoms with van der Waals surface area (Å²) in [6.45, 7) is 4.72. The summed E-state index contributed by atoms with van der Waals surface area (Å²) in [5.74, 6) is 1.35. The van der Waals surface area contributed by atoms with E-state index in [0.29, 0.717) is 31.1 Å². The van der Waals surface area contributed by atoms with E-state index in [2.05, 4.69) is 5.32 Å². The quantitative estimate of drug-likeness (QED) is 0.786. The standard InChI is InChI=1S/C14H22N2O3/c1-4-16-14(17)7-8-19-13-9-11(18-3)5-6-12(13)10(2)15/h5-6,9-10H,4,7-8,15H2,1-3H3,(H,16,17)/t10-/m1/s1. The summed E-state index contributed by atoms with van der Waals surface area (Å²) in [7, 11) is 1.60. The van der Waals surface area contributed by atoms with Gasteiger partial charge in [-0.3, -0.25) is 4.79 Å². The third-order valence-electron chi connectivity index (χ3n) is 2.67. The van der Waals surface area contributed by atoms with Crippen LogP contribution in [-0.4, -0.2) is 26.2 Å². The number of methoxy groups -OCH3 is 1. The van der Waals surface area contributed by atoms with Gasteiger partial charge in [0.25, 0.3) is 0 Å². The molecule has 1 atom stereocenters. The van der Waals surface area contributed by atoms with Crippen molar-refractivity contribution in [3.63, 3.8) is 0 Å². The van der Waals surface area contributed by atoms with Crippen LogP contribution in [0.5, 0.6) is 11.5 Å². The van der Waals surface area contributed by atoms with E-state index in [4.69, 9.17) is 15.2 Å². The van der Waals surface area contributed by atoms with Crippen molar-refractivity contribution in [2.75, 3.05) is 20.3 Å². The fourth-order valence-electron chi connectivity index (χ4n) is 1.68. The highest BCUT2D eigenvalue weighted by Gasteiger charge is 2.10. The summed E-state index contributed by atoms with van der Waals surface area (Å²) in [4.78, 5) is 11.3. The summed E-state index contributed by atoms with van der Waals surface area (Å²) >= 11 is 0. The number of benzene rings is 1. The third-order valence-corrected chi connectivity index (χ3v) is 2.67. The van der Waals surface area contributed by atoms with Crippen LogP contribution in [0.15, 0.2) is 18.2 Å². The van der Waals surface area contributed by atoms with Gasteiger partial charge in [0.15, 0.2) is 0 Å². The molecule has 0 aromatic heterocycles. The van der Waals surface area contributed by atoms with Crippen molar-refractivity contribution in [3.8, 4) is 11.5 Å². The minimum Gasteiger partial charge on any atom is -0.497 e. The zero-order valence-electron chi connectivity index (χ0n) is 11.7. The Bertz CT molecular complexity index is 419. The van der Waals surface area contributed by atoms with Crippen molar-refractivity contribution < 1.29 is 14.3 Å². The van der Waals surface area contributed by atoms with Gasteiger partial charge in [-0.2, -0.15) is 0 Å². The van der Waals surface area contributed by atoms with Gasteiger partial charge in [0.05, 0.1) is 20.1 Å². The Morgan fingerprint density at radius 1 is 1.47 bits per heavy atom. The lowest BCUT2D eigenvalue weighted by atomic mass is 10.1. The topological polar surface area (TPSA) is 73.6 Å². The Morgan fingerprint density at radius 3 is 2.79 bits per heavy atom. The number of nitrogens with one attached hydrogen (secondary N) is 1. The lowest BCUT2D eigenvalue weighted by Crippen LogP contribution is -2.24. The summed E-state index contributed by atoms with van der Waals surface area (Å²) in [5, 5.41) is 2.72. The van der Waals surface area contributed by atoms with Crippen LogP contribution in [0.1, 0.15) is 31.9 Å². The largest absolute Gasteiger partial charge is 0.497 e. The normalized spacial score (nSPS) is 11.8. The lowest BCUT2D eigenvalue weighted by Gasteiger charge is -2.15. The van der Waals surface area contributed by atoms with E-state index in [1.165, 1.54) is 0 Å². The fraction of sp³-hybridized carbons (Fsp3) is 0.500. The number of hydrogen-bond donors (Lipinski definition) is 2. The van der Waals surface area contributed by atoms with Crippen molar-refractivity contribution >= 4 is 5.91 Å². The van der Waals surface area contributed by atoms with Gasteiger partial charge < -0.3 is 20.5 Å². The highest BCUT2D eigenvalue weighted by atomic mass is 16.5. The van der Waals surface area contributed by atoms with Crippen molar-refractivity contribution in [2.24, 2.45) is 5.73 Å². The Balaban J connectivity index is 2.67. The molecule has 0 unspecified atom stereocenters. The summed E-state index contributed by atoms with van der Waals surface area (Å²) in [6.07, 6.45) is 0.323. The van der Waals surface area contributed by atoms with Gasteiger partial charge in [0, 0.05) is 24.2 Å². The molecule has 0 spiro atoms. The van der Waals surface area contributed by atoms with Crippen LogP contribution in [0, 0.1) is 0 Å². The minimum atomic E-state index is -0.134. The molecule has 0 aliphatic rings. The highest BCUT2D eigenvalue weighted by molar-refractivity contribution is 5.75. The molecule has 19 heavy (non-hydrogen) atoms. The average Bonchev–Trinajstić information content (AvgIpc) is 2.38. The van der Waals surface area contributed by atoms with Crippen molar-refractivity contribution in [3.05, 3.63) is 23.8 Å². The first-order valence-electron chi connectivity index (χ1n) is 6.41. The Hall–Kier alpha value is -1.75. The molecule has 106 valence electrons. The van der Waals surface area contributed by atoms with Gasteiger partial charge in [0.2, 0.25) is 5.91 Å². The predicted octanol–water partition coefficient (Wildman–Crippen LogP) is 1.62. The van der Waals surface area contributed by atoms with Crippen LogP contribution < -0.4 is 20.5 Å². The zero-order valence-corrected chi connectivity index (χ0v) is 11.7. The van der Waals surface area contributed by atoms with Gasteiger partial charge in [-0.1, -0.05) is 6.07 Å². The number of hydrogen-bond acceptors (Lipinski definition) is 4. The average molecular weight is 266 g/mol. The number of ether oxygens (including phenoxy) is 2. The minimum absolute atomic E-state index is 0.0206. The van der Waals surface area contributed by atoms with Crippen LogP contribution in [-0.2, 0) is 4.79 Å². The molecular weight excluding hydrogens is 244 g/mol. The van der Waals surface area contributed by atoms with Gasteiger partial charge in [0.1, 0.15) is 11.5 Å². The number of carbonyl (C=O) groups is 1. The lowest BCUT2D eigenvalue weighted by molar-refractivity contribution is -0.121. The van der Waals surface area contributed by atoms with Gasteiger partial charge >= 0.3 is 0 Å². The second-order valence-electron chi connectivity index (χ2n) is 4.24. The van der Waals surface area contributed by atoms with Crippen LogP contribution in [0.3, 0.4) is 0 Å². The number of rotatable bonds is 7. The number of amides is 1. The predicted molar refractivity (Wildman–Crippen MR) is 74.4 cm³/mol. The first-order valence-corrected chi connectivity index (χ1v) is 6.41. The summed E-state index contributed by atoms with van der Waals surface area (Å²) in [6, 6.07) is 5.38. The maximum atomic E-state index is 11.3. The first kappa shape index (κ1) is 15.3. The molecule has 0 bridgehead atoms. The van der Waals surface area contributed by atoms with Crippen molar-refractivity contribution in [1.29, 1.82) is 0 Å². The first-order chi connectivity index (χ1) is 9.08. The Labute approximate surface area is 114 Å². The van der Waals surface area contributed by atoms with Crippen LogP contribution in [0.4, 0.5) is 0 Å². The Morgan fingerprint density at radius 2 is 2.21 bits per heavy atom. The second kappa shape index (κ2) is 7.63. The number of carbonyl (C=O) groups excluding carboxylic acids is 1. The molecule has 3 N–H and O–H groups in total. The summed E-state index contributed by atoms with van der Waals surface area (Å²) < 4.78 is 10.8. The second-order valence-corrected chi connectivity index (χ2v) is 4.24. The van der Waals surface area contributed by atoms with E-state index in [1.807, 2.05) is 26.0 Å². The van der Waals surface area contributed by atoms with Gasteiger partial charge in [-0.15, -0.1) is 0 Å². The molecule has 0 aliphatic heterocycles. The maximum absolute atomic E-state index is 11.3. The van der Waals surface area contributed by atoms with Gasteiger partial charge in [-0.25, -0.2) is 0 Å². The molecule has 1 rings (SSSR count). The van der Waals surface area contributed by atoms with E-state index in [1.54, 1.807) is 13.2 Å². The molecular formula is C14H22N2O3. The van der Waals surface area contributed by atoms with E-state index in [-0.39, 0.29) is 11.9 Å². The smallest absolute Gasteiger partial charge is 0.223 e. The molecule has 0 heterocycles. The van der Waals surface area contributed by atoms with E-state index in [9.17, 15) is 4.79 Å². The summed E-state index contributed by atoms with van der Waals surface area (Å²) in [5.41, 5.74) is 6.78. The molecule has 0 saturated heterocycles. The van der Waals surface area contributed by atoms with E-state index >= 15 is 0 Å². The SMILES string of the molecule is CCNC(=O)CCOc1cc(OC)ccc1[C@@H](C)N. The van der Waals surface area contributed by atoms with Gasteiger partial charge in [-0.05, 0) is 19.9 Å². The van der Waals surface area contributed by atoms with Crippen molar-refractivity contribution in [2.45, 2.75) is 26.3 Å². The van der Waals surface area contributed by atoms with Crippen LogP contribution in [0.25, 0.3) is 0 Å². The van der Waals surface area contributed by atoms with Crippen molar-refractivity contribution in [1.82, 2.24) is 5.32 Å². The zero-order chi connectivity index (χ0) is 14.3. The maximum Gasteiger partial charge on any atom is 0.223 e. The molecule has 0 fully saturated rings. The fourth-order valence-corrected chi connectivity index (χ4v) is 1.68. The molecule has 1 amide bonds. The molecule has 5 heteroatoms. The number of nitrogens with two attached hydrogens (primary N) is 1. The molecule has 5 nitrogen and oxygen atoms in total. The highest BCUT2D eigenvalue weighted by Crippen LogP contribution is 2.28. The monoisotopic (exact) mass is 266 g/mol. The Kier molecular flexibility index (Phi) is 6.15. The van der Waals surface area contributed by atoms with Crippen LogP contribution >= 0.6 is 0 Å². The van der Waals surface area contributed by atoms with Crippen LogP contribution in [0.2, 0.25) is 0 Å².